The number of rotatable bonds is 1. The maximum atomic E-state index is 12.4. The molecule has 1 heterocycles. The van der Waals surface area contributed by atoms with Gasteiger partial charge in [-0.3, -0.25) is 9.13 Å². The van der Waals surface area contributed by atoms with Crippen LogP contribution in [0.4, 0.5) is 5.69 Å². The fourth-order valence-electron chi connectivity index (χ4n) is 2.23. The van der Waals surface area contributed by atoms with Crippen LogP contribution in [0.5, 0.6) is 0 Å². The van der Waals surface area contributed by atoms with E-state index < -0.39 is 0 Å². The highest BCUT2D eigenvalue weighted by atomic mass is 35.5. The molecule has 0 amide bonds. The number of benzene rings is 2. The number of aryl methyl sites for hydroxylation is 1. The Bertz CT molecular complexity index is 832. The van der Waals surface area contributed by atoms with E-state index in [1.807, 2.05) is 24.3 Å². The van der Waals surface area contributed by atoms with Crippen molar-refractivity contribution in [1.29, 1.82) is 0 Å². The quantitative estimate of drug-likeness (QED) is 0.693. The lowest BCUT2D eigenvalue weighted by atomic mass is 10.2. The third-order valence-corrected chi connectivity index (χ3v) is 3.49. The zero-order valence-corrected chi connectivity index (χ0v) is 11.1. The average molecular weight is 274 g/mol. The lowest BCUT2D eigenvalue weighted by Gasteiger charge is -2.06. The Balaban J connectivity index is 2.46. The molecule has 19 heavy (non-hydrogen) atoms. The minimum absolute atomic E-state index is 0.145. The van der Waals surface area contributed by atoms with Crippen molar-refractivity contribution >= 4 is 28.3 Å². The van der Waals surface area contributed by atoms with Gasteiger partial charge in [-0.2, -0.15) is 0 Å². The molecule has 0 fully saturated rings. The van der Waals surface area contributed by atoms with E-state index in [2.05, 4.69) is 0 Å². The van der Waals surface area contributed by atoms with E-state index in [4.69, 9.17) is 17.3 Å². The Morgan fingerprint density at radius 3 is 2.53 bits per heavy atom. The molecule has 3 aromatic rings. The van der Waals surface area contributed by atoms with Gasteiger partial charge in [0.2, 0.25) is 0 Å². The van der Waals surface area contributed by atoms with Crippen LogP contribution in [0.15, 0.2) is 47.3 Å². The van der Waals surface area contributed by atoms with Crippen LogP contribution < -0.4 is 11.4 Å². The standard InChI is InChI=1S/C14H12ClN3O/c1-17-11-4-2-3-5-12(11)18(14(17)19)13-8-9(16)6-7-10(13)15/h2-8H,16H2,1H3. The van der Waals surface area contributed by atoms with E-state index in [1.54, 1.807) is 34.4 Å². The number of nitrogens with zero attached hydrogens (tertiary/aromatic N) is 2. The summed E-state index contributed by atoms with van der Waals surface area (Å²) in [5, 5.41) is 0.493. The zero-order valence-electron chi connectivity index (χ0n) is 10.3. The first kappa shape index (κ1) is 11.9. The third kappa shape index (κ3) is 1.72. The van der Waals surface area contributed by atoms with E-state index in [0.29, 0.717) is 16.4 Å². The number of para-hydroxylation sites is 2. The van der Waals surface area contributed by atoms with E-state index in [-0.39, 0.29) is 5.69 Å². The minimum atomic E-state index is -0.145. The number of aromatic nitrogens is 2. The second kappa shape index (κ2) is 4.17. The first-order valence-electron chi connectivity index (χ1n) is 5.81. The molecule has 0 aliphatic carbocycles. The van der Waals surface area contributed by atoms with Gasteiger partial charge >= 0.3 is 5.69 Å². The molecule has 0 spiro atoms. The van der Waals surface area contributed by atoms with Crippen molar-refractivity contribution < 1.29 is 0 Å². The second-order valence-electron chi connectivity index (χ2n) is 4.38. The normalized spacial score (nSPS) is 11.1. The Kier molecular flexibility index (Phi) is 2.61. The Hall–Kier alpha value is -2.20. The average Bonchev–Trinajstić information content (AvgIpc) is 2.66. The SMILES string of the molecule is Cn1c(=O)n(-c2cc(N)ccc2Cl)c2ccccc21. The predicted octanol–water partition coefficient (Wildman–Crippen LogP) is 2.56. The summed E-state index contributed by atoms with van der Waals surface area (Å²) in [5.41, 5.74) is 8.47. The molecule has 0 aliphatic heterocycles. The zero-order chi connectivity index (χ0) is 13.6. The highest BCUT2D eigenvalue weighted by Crippen LogP contribution is 2.25. The maximum Gasteiger partial charge on any atom is 0.333 e. The molecule has 0 radical (unpaired) electrons. The predicted molar refractivity (Wildman–Crippen MR) is 77.9 cm³/mol. The number of imidazole rings is 1. The summed E-state index contributed by atoms with van der Waals surface area (Å²) in [6.45, 7) is 0. The molecule has 4 nitrogen and oxygen atoms in total. The monoisotopic (exact) mass is 273 g/mol. The van der Waals surface area contributed by atoms with Gasteiger partial charge in [0.15, 0.2) is 0 Å². The van der Waals surface area contributed by atoms with Crippen molar-refractivity contribution in [3.05, 3.63) is 58.0 Å². The van der Waals surface area contributed by atoms with E-state index >= 15 is 0 Å². The third-order valence-electron chi connectivity index (χ3n) is 3.17. The molecule has 0 saturated carbocycles. The highest BCUT2D eigenvalue weighted by Gasteiger charge is 2.14. The molecular weight excluding hydrogens is 262 g/mol. The van der Waals surface area contributed by atoms with Crippen molar-refractivity contribution in [2.45, 2.75) is 0 Å². The number of halogens is 1. The van der Waals surface area contributed by atoms with E-state index in [9.17, 15) is 4.79 Å². The van der Waals surface area contributed by atoms with Crippen LogP contribution in [0.3, 0.4) is 0 Å². The molecule has 0 atom stereocenters. The van der Waals surface area contributed by atoms with Gasteiger partial charge in [-0.1, -0.05) is 23.7 Å². The van der Waals surface area contributed by atoms with Gasteiger partial charge in [0.05, 0.1) is 21.7 Å². The van der Waals surface area contributed by atoms with Crippen molar-refractivity contribution in [2.24, 2.45) is 7.05 Å². The lowest BCUT2D eigenvalue weighted by molar-refractivity contribution is 0.846. The Morgan fingerprint density at radius 1 is 1.11 bits per heavy atom. The van der Waals surface area contributed by atoms with Crippen LogP contribution in [0.2, 0.25) is 5.02 Å². The molecular formula is C14H12ClN3O. The van der Waals surface area contributed by atoms with Crippen LogP contribution in [0, 0.1) is 0 Å². The molecule has 2 N–H and O–H groups in total. The van der Waals surface area contributed by atoms with Crippen LogP contribution in [-0.4, -0.2) is 9.13 Å². The van der Waals surface area contributed by atoms with Crippen molar-refractivity contribution in [2.75, 3.05) is 5.73 Å². The molecule has 2 aromatic carbocycles. The van der Waals surface area contributed by atoms with Crippen molar-refractivity contribution in [3.8, 4) is 5.69 Å². The van der Waals surface area contributed by atoms with Crippen LogP contribution >= 0.6 is 11.6 Å². The first-order valence-corrected chi connectivity index (χ1v) is 6.19. The summed E-state index contributed by atoms with van der Waals surface area (Å²) in [5.74, 6) is 0. The fourth-order valence-corrected chi connectivity index (χ4v) is 2.43. The second-order valence-corrected chi connectivity index (χ2v) is 4.78. The largest absolute Gasteiger partial charge is 0.399 e. The smallest absolute Gasteiger partial charge is 0.333 e. The molecule has 0 aliphatic rings. The van der Waals surface area contributed by atoms with Gasteiger partial charge in [-0.25, -0.2) is 4.79 Å². The fraction of sp³-hybridized carbons (Fsp3) is 0.0714. The summed E-state index contributed by atoms with van der Waals surface area (Å²) in [7, 11) is 1.74. The molecule has 96 valence electrons. The van der Waals surface area contributed by atoms with Crippen LogP contribution in [0.1, 0.15) is 0 Å². The van der Waals surface area contributed by atoms with Gasteiger partial charge in [-0.15, -0.1) is 0 Å². The Labute approximate surface area is 114 Å². The first-order chi connectivity index (χ1) is 9.09. The van der Waals surface area contributed by atoms with E-state index in [1.165, 1.54) is 0 Å². The number of hydrogen-bond acceptors (Lipinski definition) is 2. The molecule has 5 heteroatoms. The maximum absolute atomic E-state index is 12.4. The lowest BCUT2D eigenvalue weighted by Crippen LogP contribution is -2.21. The van der Waals surface area contributed by atoms with Gasteiger partial charge in [-0.05, 0) is 30.3 Å². The summed E-state index contributed by atoms with van der Waals surface area (Å²) in [6.07, 6.45) is 0. The van der Waals surface area contributed by atoms with Gasteiger partial charge < -0.3 is 5.73 Å². The van der Waals surface area contributed by atoms with Gasteiger partial charge in [0.1, 0.15) is 0 Å². The van der Waals surface area contributed by atoms with Crippen molar-refractivity contribution in [1.82, 2.24) is 9.13 Å². The van der Waals surface area contributed by atoms with E-state index in [0.717, 1.165) is 11.0 Å². The molecule has 0 saturated heterocycles. The van der Waals surface area contributed by atoms with Crippen LogP contribution in [-0.2, 0) is 7.05 Å². The van der Waals surface area contributed by atoms with Crippen molar-refractivity contribution in [3.63, 3.8) is 0 Å². The molecule has 0 bridgehead atoms. The number of nitrogens with two attached hydrogens (primary N) is 1. The van der Waals surface area contributed by atoms with Crippen LogP contribution in [0.25, 0.3) is 16.7 Å². The Morgan fingerprint density at radius 2 is 1.79 bits per heavy atom. The number of hydrogen-bond donors (Lipinski definition) is 1. The summed E-state index contributed by atoms with van der Waals surface area (Å²) >= 11 is 6.19. The molecule has 3 rings (SSSR count). The minimum Gasteiger partial charge on any atom is -0.399 e. The number of fused-ring (bicyclic) bond motifs is 1. The number of anilines is 1. The topological polar surface area (TPSA) is 53.0 Å². The highest BCUT2D eigenvalue weighted by molar-refractivity contribution is 6.32. The van der Waals surface area contributed by atoms with Gasteiger partial charge in [0, 0.05) is 12.7 Å². The molecule has 0 unspecified atom stereocenters. The van der Waals surface area contributed by atoms with Gasteiger partial charge in [0.25, 0.3) is 0 Å². The molecule has 1 aromatic heterocycles. The summed E-state index contributed by atoms with van der Waals surface area (Å²) in [6, 6.07) is 12.7. The number of nitrogen functional groups attached to an aromatic ring is 1. The summed E-state index contributed by atoms with van der Waals surface area (Å²) in [4.78, 5) is 12.4. The summed E-state index contributed by atoms with van der Waals surface area (Å²) < 4.78 is 3.17.